The first-order valence-electron chi connectivity index (χ1n) is 4.70. The van der Waals surface area contributed by atoms with Gasteiger partial charge in [-0.25, -0.2) is 0 Å². The van der Waals surface area contributed by atoms with E-state index in [4.69, 9.17) is 0 Å². The van der Waals surface area contributed by atoms with E-state index in [9.17, 15) is 9.59 Å². The molecule has 1 rings (SSSR count). The molecule has 2 unspecified atom stereocenters. The van der Waals surface area contributed by atoms with Crippen molar-refractivity contribution in [2.24, 2.45) is 11.8 Å². The van der Waals surface area contributed by atoms with Crippen molar-refractivity contribution < 1.29 is 9.59 Å². The molecule has 0 aromatic rings. The van der Waals surface area contributed by atoms with E-state index in [1.54, 1.807) is 0 Å². The van der Waals surface area contributed by atoms with Gasteiger partial charge in [-0.2, -0.15) is 0 Å². The Morgan fingerprint density at radius 2 is 2.33 bits per heavy atom. The molecule has 2 heteroatoms. The lowest BCUT2D eigenvalue weighted by Gasteiger charge is -2.24. The zero-order valence-corrected chi connectivity index (χ0v) is 7.58. The molecule has 0 heterocycles. The van der Waals surface area contributed by atoms with Gasteiger partial charge >= 0.3 is 0 Å². The van der Waals surface area contributed by atoms with Gasteiger partial charge in [0, 0.05) is 18.8 Å². The highest BCUT2D eigenvalue weighted by atomic mass is 16.1. The molecule has 1 aliphatic carbocycles. The minimum Gasteiger partial charge on any atom is -0.303 e. The van der Waals surface area contributed by atoms with E-state index in [1.807, 2.05) is 6.92 Å². The van der Waals surface area contributed by atoms with Crippen molar-refractivity contribution in [3.63, 3.8) is 0 Å². The number of Topliss-reactive ketones (excluding diaryl/α,β-unsaturated/α-hetero) is 1. The summed E-state index contributed by atoms with van der Waals surface area (Å²) in [6.07, 6.45) is 5.32. The number of carbonyl (C=O) groups is 2. The zero-order chi connectivity index (χ0) is 8.97. The van der Waals surface area contributed by atoms with E-state index in [0.29, 0.717) is 18.1 Å². The maximum Gasteiger partial charge on any atom is 0.135 e. The van der Waals surface area contributed by atoms with Gasteiger partial charge in [-0.3, -0.25) is 4.79 Å². The van der Waals surface area contributed by atoms with Crippen molar-refractivity contribution in [2.75, 3.05) is 0 Å². The molecule has 0 saturated heterocycles. The maximum absolute atomic E-state index is 11.1. The molecule has 1 aliphatic rings. The molecule has 2 atom stereocenters. The van der Waals surface area contributed by atoms with Crippen molar-refractivity contribution >= 4 is 12.1 Å². The van der Waals surface area contributed by atoms with Crippen molar-refractivity contribution in [1.82, 2.24) is 0 Å². The molecular formula is C10H16O2. The SMILES string of the molecule is CC1CC(CCC=O)CCC1=O. The van der Waals surface area contributed by atoms with Crippen LogP contribution in [0, 0.1) is 11.8 Å². The van der Waals surface area contributed by atoms with Crippen molar-refractivity contribution in [2.45, 2.75) is 39.0 Å². The molecule has 0 bridgehead atoms. The number of hydrogen-bond acceptors (Lipinski definition) is 2. The van der Waals surface area contributed by atoms with Gasteiger partial charge in [-0.05, 0) is 25.2 Å². The molecule has 1 fully saturated rings. The summed E-state index contributed by atoms with van der Waals surface area (Å²) in [5, 5.41) is 0. The lowest BCUT2D eigenvalue weighted by molar-refractivity contribution is -0.125. The second kappa shape index (κ2) is 4.39. The molecular weight excluding hydrogens is 152 g/mol. The molecule has 0 radical (unpaired) electrons. The van der Waals surface area contributed by atoms with Gasteiger partial charge < -0.3 is 4.79 Å². The number of ketones is 1. The molecule has 1 saturated carbocycles. The van der Waals surface area contributed by atoms with Crippen LogP contribution in [-0.4, -0.2) is 12.1 Å². The van der Waals surface area contributed by atoms with Crippen LogP contribution in [-0.2, 0) is 9.59 Å². The topological polar surface area (TPSA) is 34.1 Å². The average molecular weight is 168 g/mol. The first-order valence-corrected chi connectivity index (χ1v) is 4.70. The van der Waals surface area contributed by atoms with Crippen molar-refractivity contribution in [3.8, 4) is 0 Å². The van der Waals surface area contributed by atoms with E-state index in [0.717, 1.165) is 32.0 Å². The van der Waals surface area contributed by atoms with Crippen molar-refractivity contribution in [3.05, 3.63) is 0 Å². The summed E-state index contributed by atoms with van der Waals surface area (Å²) in [7, 11) is 0. The van der Waals surface area contributed by atoms with Gasteiger partial charge in [0.1, 0.15) is 12.1 Å². The van der Waals surface area contributed by atoms with Crippen LogP contribution in [0.2, 0.25) is 0 Å². The van der Waals surface area contributed by atoms with Gasteiger partial charge in [-0.1, -0.05) is 6.92 Å². The van der Waals surface area contributed by atoms with Crippen LogP contribution in [0.25, 0.3) is 0 Å². The van der Waals surface area contributed by atoms with Crippen LogP contribution in [0.3, 0.4) is 0 Å². The van der Waals surface area contributed by atoms with Crippen molar-refractivity contribution in [1.29, 1.82) is 0 Å². The smallest absolute Gasteiger partial charge is 0.135 e. The van der Waals surface area contributed by atoms with Crippen LogP contribution in [0.4, 0.5) is 0 Å². The molecule has 0 N–H and O–H groups in total. The fourth-order valence-corrected chi connectivity index (χ4v) is 1.91. The number of aldehydes is 1. The Morgan fingerprint density at radius 1 is 1.58 bits per heavy atom. The minimum absolute atomic E-state index is 0.232. The van der Waals surface area contributed by atoms with Gasteiger partial charge in [0.25, 0.3) is 0 Å². The molecule has 2 nitrogen and oxygen atoms in total. The zero-order valence-electron chi connectivity index (χ0n) is 7.58. The predicted octanol–water partition coefficient (Wildman–Crippen LogP) is 1.97. The highest BCUT2D eigenvalue weighted by Crippen LogP contribution is 2.28. The average Bonchev–Trinajstić information content (AvgIpc) is 2.07. The van der Waals surface area contributed by atoms with Crippen LogP contribution < -0.4 is 0 Å². The van der Waals surface area contributed by atoms with Crippen LogP contribution >= 0.6 is 0 Å². The Morgan fingerprint density at radius 3 is 2.92 bits per heavy atom. The second-order valence-corrected chi connectivity index (χ2v) is 3.75. The van der Waals surface area contributed by atoms with Gasteiger partial charge in [-0.15, -0.1) is 0 Å². The van der Waals surface area contributed by atoms with E-state index in [2.05, 4.69) is 0 Å². The fourth-order valence-electron chi connectivity index (χ4n) is 1.91. The summed E-state index contributed by atoms with van der Waals surface area (Å²) >= 11 is 0. The van der Waals surface area contributed by atoms with Crippen LogP contribution in [0.5, 0.6) is 0 Å². The predicted molar refractivity (Wildman–Crippen MR) is 46.8 cm³/mol. The molecule has 0 amide bonds. The fraction of sp³-hybridized carbons (Fsp3) is 0.800. The van der Waals surface area contributed by atoms with Crippen LogP contribution in [0.1, 0.15) is 39.0 Å². The quantitative estimate of drug-likeness (QED) is 0.604. The lowest BCUT2D eigenvalue weighted by atomic mass is 9.79. The number of rotatable bonds is 3. The number of hydrogen-bond donors (Lipinski definition) is 0. The molecule has 68 valence electrons. The Kier molecular flexibility index (Phi) is 3.45. The Balaban J connectivity index is 2.30. The summed E-state index contributed by atoms with van der Waals surface area (Å²) in [4.78, 5) is 21.3. The van der Waals surface area contributed by atoms with Gasteiger partial charge in [0.2, 0.25) is 0 Å². The highest BCUT2D eigenvalue weighted by Gasteiger charge is 2.24. The highest BCUT2D eigenvalue weighted by molar-refractivity contribution is 5.81. The standard InChI is InChI=1S/C10H16O2/c1-8-7-9(3-2-6-11)4-5-10(8)12/h6,8-9H,2-5,7H2,1H3. The van der Waals surface area contributed by atoms with Crippen LogP contribution in [0.15, 0.2) is 0 Å². The summed E-state index contributed by atoms with van der Waals surface area (Å²) < 4.78 is 0. The van der Waals surface area contributed by atoms with E-state index >= 15 is 0 Å². The second-order valence-electron chi connectivity index (χ2n) is 3.75. The molecule has 0 aromatic carbocycles. The third-order valence-electron chi connectivity index (χ3n) is 2.73. The Bertz CT molecular complexity index is 173. The Hall–Kier alpha value is -0.660. The maximum atomic E-state index is 11.1. The van der Waals surface area contributed by atoms with Gasteiger partial charge in [0.05, 0.1) is 0 Å². The first kappa shape index (κ1) is 9.43. The Labute approximate surface area is 73.3 Å². The molecule has 0 aromatic heterocycles. The third kappa shape index (κ3) is 2.43. The number of carbonyl (C=O) groups excluding carboxylic acids is 2. The normalized spacial score (nSPS) is 30.2. The first-order chi connectivity index (χ1) is 5.74. The largest absolute Gasteiger partial charge is 0.303 e. The van der Waals surface area contributed by atoms with Gasteiger partial charge in [0.15, 0.2) is 0 Å². The molecule has 12 heavy (non-hydrogen) atoms. The summed E-state index contributed by atoms with van der Waals surface area (Å²) in [5.41, 5.74) is 0. The summed E-state index contributed by atoms with van der Waals surface area (Å²) in [6.45, 7) is 2.00. The summed E-state index contributed by atoms with van der Waals surface area (Å²) in [5.74, 6) is 1.25. The molecule has 0 spiro atoms. The third-order valence-corrected chi connectivity index (χ3v) is 2.73. The van der Waals surface area contributed by atoms with E-state index in [-0.39, 0.29) is 5.92 Å². The van der Waals surface area contributed by atoms with E-state index < -0.39 is 0 Å². The monoisotopic (exact) mass is 168 g/mol. The lowest BCUT2D eigenvalue weighted by Crippen LogP contribution is -2.22. The summed E-state index contributed by atoms with van der Waals surface area (Å²) in [6, 6.07) is 0. The van der Waals surface area contributed by atoms with E-state index in [1.165, 1.54) is 0 Å². The minimum atomic E-state index is 0.232. The molecule has 0 aliphatic heterocycles.